The highest BCUT2D eigenvalue weighted by Crippen LogP contribution is 2.28. The summed E-state index contributed by atoms with van der Waals surface area (Å²) < 4.78 is 1.97. The van der Waals surface area contributed by atoms with Crippen LogP contribution in [-0.2, 0) is 4.79 Å². The first-order chi connectivity index (χ1) is 10.9. The topological polar surface area (TPSA) is 46.9 Å². The molecule has 2 rings (SSSR count). The fourth-order valence-electron chi connectivity index (χ4n) is 2.08. The van der Waals surface area contributed by atoms with Gasteiger partial charge in [-0.3, -0.25) is 9.36 Å². The lowest BCUT2D eigenvalue weighted by molar-refractivity contribution is -0.120. The molecular formula is C17H22ClN3OS. The Morgan fingerprint density at radius 2 is 2.13 bits per heavy atom. The van der Waals surface area contributed by atoms with Crippen molar-refractivity contribution in [3.63, 3.8) is 0 Å². The number of aromatic nitrogens is 2. The molecule has 1 heterocycles. The molecular weight excluding hydrogens is 330 g/mol. The van der Waals surface area contributed by atoms with Crippen LogP contribution < -0.4 is 5.32 Å². The summed E-state index contributed by atoms with van der Waals surface area (Å²) in [5.74, 6) is 0.466. The summed E-state index contributed by atoms with van der Waals surface area (Å²) in [5.41, 5.74) is 1.97. The van der Waals surface area contributed by atoms with E-state index in [0.29, 0.717) is 12.5 Å². The highest BCUT2D eigenvalue weighted by molar-refractivity contribution is 8.00. The number of amides is 1. The van der Waals surface area contributed by atoms with Crippen LogP contribution in [0.5, 0.6) is 0 Å². The number of halogens is 1. The second-order valence-electron chi connectivity index (χ2n) is 5.86. The number of nitrogens with zero attached hydrogens (tertiary/aromatic N) is 2. The monoisotopic (exact) mass is 351 g/mol. The molecule has 0 aliphatic heterocycles. The van der Waals surface area contributed by atoms with E-state index in [4.69, 9.17) is 11.6 Å². The van der Waals surface area contributed by atoms with Gasteiger partial charge in [-0.25, -0.2) is 4.98 Å². The van der Waals surface area contributed by atoms with Gasteiger partial charge in [-0.2, -0.15) is 0 Å². The molecule has 0 aliphatic carbocycles. The quantitative estimate of drug-likeness (QED) is 0.797. The molecule has 23 heavy (non-hydrogen) atoms. The summed E-state index contributed by atoms with van der Waals surface area (Å²) in [6.07, 6.45) is 3.63. The van der Waals surface area contributed by atoms with Crippen molar-refractivity contribution in [2.45, 2.75) is 38.1 Å². The second kappa shape index (κ2) is 7.88. The maximum Gasteiger partial charge on any atom is 0.233 e. The molecule has 0 spiro atoms. The van der Waals surface area contributed by atoms with Gasteiger partial charge >= 0.3 is 0 Å². The molecule has 0 fully saturated rings. The minimum absolute atomic E-state index is 0.0288. The van der Waals surface area contributed by atoms with Crippen LogP contribution >= 0.6 is 23.4 Å². The van der Waals surface area contributed by atoms with Crippen molar-refractivity contribution in [1.82, 2.24) is 14.9 Å². The normalized spacial score (nSPS) is 12.4. The number of carbonyl (C=O) groups excluding carboxylic acids is 1. The minimum atomic E-state index is -0.214. The number of hydrogen-bond donors (Lipinski definition) is 1. The van der Waals surface area contributed by atoms with Gasteiger partial charge in [0.25, 0.3) is 0 Å². The fourth-order valence-corrected chi connectivity index (χ4v) is 3.15. The van der Waals surface area contributed by atoms with Crippen LogP contribution in [0.4, 0.5) is 0 Å². The minimum Gasteiger partial charge on any atom is -0.355 e. The highest BCUT2D eigenvalue weighted by atomic mass is 35.5. The molecule has 1 N–H and O–H groups in total. The van der Waals surface area contributed by atoms with Crippen LogP contribution in [-0.4, -0.2) is 27.3 Å². The average molecular weight is 352 g/mol. The predicted octanol–water partition coefficient (Wildman–Crippen LogP) is 4.09. The summed E-state index contributed by atoms with van der Waals surface area (Å²) >= 11 is 7.65. The van der Waals surface area contributed by atoms with E-state index >= 15 is 0 Å². The van der Waals surface area contributed by atoms with E-state index in [9.17, 15) is 4.79 Å². The zero-order valence-electron chi connectivity index (χ0n) is 13.8. The van der Waals surface area contributed by atoms with Crippen LogP contribution in [0.2, 0.25) is 5.02 Å². The summed E-state index contributed by atoms with van der Waals surface area (Å²) in [5, 5.41) is 4.24. The first kappa shape index (κ1) is 17.9. The number of benzene rings is 1. The van der Waals surface area contributed by atoms with Gasteiger partial charge < -0.3 is 5.32 Å². The lowest BCUT2D eigenvalue weighted by atomic mass is 10.2. The number of nitrogens with one attached hydrogen (secondary N) is 1. The predicted molar refractivity (Wildman–Crippen MR) is 96.5 cm³/mol. The highest BCUT2D eigenvalue weighted by Gasteiger charge is 2.18. The molecule has 2 aromatic rings. The third-order valence-corrected chi connectivity index (χ3v) is 4.93. The summed E-state index contributed by atoms with van der Waals surface area (Å²) in [7, 11) is 0. The third kappa shape index (κ3) is 4.52. The fraction of sp³-hybridized carbons (Fsp3) is 0.412. The molecule has 1 atom stereocenters. The third-order valence-electron chi connectivity index (χ3n) is 3.44. The average Bonchev–Trinajstić information content (AvgIpc) is 2.95. The van der Waals surface area contributed by atoms with E-state index < -0.39 is 0 Å². The largest absolute Gasteiger partial charge is 0.355 e. The number of rotatable bonds is 6. The van der Waals surface area contributed by atoms with Crippen molar-refractivity contribution in [3.8, 4) is 5.69 Å². The zero-order chi connectivity index (χ0) is 17.0. The van der Waals surface area contributed by atoms with Crippen LogP contribution in [0.3, 0.4) is 0 Å². The molecule has 1 aromatic carbocycles. The maximum atomic E-state index is 12.2. The maximum absolute atomic E-state index is 12.2. The second-order valence-corrected chi connectivity index (χ2v) is 7.58. The molecule has 1 unspecified atom stereocenters. The van der Waals surface area contributed by atoms with E-state index in [-0.39, 0.29) is 11.2 Å². The molecule has 0 saturated carbocycles. The molecule has 0 bridgehead atoms. The van der Waals surface area contributed by atoms with Crippen molar-refractivity contribution in [3.05, 3.63) is 41.2 Å². The number of imidazole rings is 1. The Labute approximate surface area is 146 Å². The lowest BCUT2D eigenvalue weighted by Gasteiger charge is -2.15. The van der Waals surface area contributed by atoms with E-state index in [1.165, 1.54) is 11.8 Å². The molecule has 1 amide bonds. The molecule has 1 aromatic heterocycles. The Balaban J connectivity index is 2.15. The Morgan fingerprint density at radius 3 is 2.83 bits per heavy atom. The summed E-state index contributed by atoms with van der Waals surface area (Å²) in [6, 6.07) is 5.78. The molecule has 124 valence electrons. The number of carbonyl (C=O) groups is 1. The van der Waals surface area contributed by atoms with Crippen molar-refractivity contribution in [1.29, 1.82) is 0 Å². The first-order valence-corrected chi connectivity index (χ1v) is 8.89. The van der Waals surface area contributed by atoms with Crippen molar-refractivity contribution in [2.75, 3.05) is 6.54 Å². The van der Waals surface area contributed by atoms with Crippen molar-refractivity contribution >= 4 is 29.3 Å². The van der Waals surface area contributed by atoms with E-state index in [0.717, 1.165) is 21.4 Å². The van der Waals surface area contributed by atoms with Gasteiger partial charge in [-0.05, 0) is 37.5 Å². The van der Waals surface area contributed by atoms with Crippen LogP contribution in [0.25, 0.3) is 5.69 Å². The van der Waals surface area contributed by atoms with Crippen molar-refractivity contribution in [2.24, 2.45) is 5.92 Å². The number of thioether (sulfide) groups is 1. The first-order valence-electron chi connectivity index (χ1n) is 7.63. The standard InChI is InChI=1S/C17H22ClN3OS/c1-11(2)10-20-16(22)13(4)23-17-19-8-9-21(17)15-7-5-6-14(18)12(15)3/h5-9,11,13H,10H2,1-4H3,(H,20,22). The van der Waals surface area contributed by atoms with Gasteiger partial charge in [-0.1, -0.05) is 43.3 Å². The van der Waals surface area contributed by atoms with E-state index in [1.807, 2.05) is 42.8 Å². The van der Waals surface area contributed by atoms with Gasteiger partial charge in [0.2, 0.25) is 5.91 Å². The molecule has 0 saturated heterocycles. The summed E-state index contributed by atoms with van der Waals surface area (Å²) in [6.45, 7) is 8.71. The van der Waals surface area contributed by atoms with Gasteiger partial charge in [0.1, 0.15) is 0 Å². The van der Waals surface area contributed by atoms with Gasteiger partial charge in [0, 0.05) is 24.0 Å². The Bertz CT molecular complexity index is 684. The SMILES string of the molecule is Cc1c(Cl)cccc1-n1ccnc1SC(C)C(=O)NCC(C)C. The van der Waals surface area contributed by atoms with Crippen LogP contribution in [0.1, 0.15) is 26.3 Å². The van der Waals surface area contributed by atoms with Gasteiger partial charge in [0.15, 0.2) is 5.16 Å². The lowest BCUT2D eigenvalue weighted by Crippen LogP contribution is -2.33. The van der Waals surface area contributed by atoms with Crippen LogP contribution in [0, 0.1) is 12.8 Å². The molecule has 0 radical (unpaired) electrons. The van der Waals surface area contributed by atoms with Crippen LogP contribution in [0.15, 0.2) is 35.7 Å². The molecule has 6 heteroatoms. The van der Waals surface area contributed by atoms with Gasteiger partial charge in [-0.15, -0.1) is 0 Å². The Hall–Kier alpha value is -1.46. The van der Waals surface area contributed by atoms with Crippen molar-refractivity contribution < 1.29 is 4.79 Å². The Kier molecular flexibility index (Phi) is 6.13. The molecule has 4 nitrogen and oxygen atoms in total. The van der Waals surface area contributed by atoms with E-state index in [1.54, 1.807) is 6.20 Å². The smallest absolute Gasteiger partial charge is 0.233 e. The van der Waals surface area contributed by atoms with E-state index in [2.05, 4.69) is 24.1 Å². The van der Waals surface area contributed by atoms with Gasteiger partial charge in [0.05, 0.1) is 10.9 Å². The molecule has 0 aliphatic rings. The summed E-state index contributed by atoms with van der Waals surface area (Å²) in [4.78, 5) is 16.5. The zero-order valence-corrected chi connectivity index (χ0v) is 15.4. The number of hydrogen-bond acceptors (Lipinski definition) is 3. The Morgan fingerprint density at radius 1 is 1.39 bits per heavy atom.